The number of hydrogen-bond acceptors (Lipinski definition) is 2. The average molecular weight is 163 g/mol. The van der Waals surface area contributed by atoms with Crippen LogP contribution in [-0.4, -0.2) is 16.2 Å². The molecule has 0 heterocycles. The van der Waals surface area contributed by atoms with Crippen molar-refractivity contribution < 1.29 is 4.79 Å². The molecular weight excluding hydrogens is 156 g/mol. The molecule has 0 aromatic heterocycles. The first-order valence-corrected chi connectivity index (χ1v) is 3.85. The highest BCUT2D eigenvalue weighted by molar-refractivity contribution is 8.00. The predicted octanol–water partition coefficient (Wildman–Crippen LogP) is 1.51. The highest BCUT2D eigenvalue weighted by Gasteiger charge is 1.99. The number of rotatable bonds is 3. The van der Waals surface area contributed by atoms with Gasteiger partial charge in [-0.1, -0.05) is 5.92 Å². The summed E-state index contributed by atoms with van der Waals surface area (Å²) in [4.78, 5) is 10.1. The number of thioether (sulfide) groups is 1. The highest BCUT2D eigenvalue weighted by atomic mass is 35.5. The summed E-state index contributed by atoms with van der Waals surface area (Å²) >= 11 is 6.42. The molecule has 1 unspecified atom stereocenters. The number of carbonyl (C=O) groups is 1. The van der Waals surface area contributed by atoms with Crippen molar-refractivity contribution in [3.05, 3.63) is 0 Å². The fourth-order valence-corrected chi connectivity index (χ4v) is 0.905. The third-order valence-corrected chi connectivity index (χ3v) is 2.04. The molecule has 50 valence electrons. The van der Waals surface area contributed by atoms with Crippen LogP contribution in [0.1, 0.15) is 6.92 Å². The summed E-state index contributed by atoms with van der Waals surface area (Å²) in [7, 11) is 0. The first-order chi connectivity index (χ1) is 4.16. The van der Waals surface area contributed by atoms with Crippen molar-refractivity contribution in [1.29, 1.82) is 0 Å². The van der Waals surface area contributed by atoms with Crippen LogP contribution >= 0.6 is 23.4 Å². The molecule has 0 N–H and O–H groups in total. The minimum atomic E-state index is -0.345. The maximum atomic E-state index is 10.1. The van der Waals surface area contributed by atoms with E-state index in [0.717, 1.165) is 0 Å². The Balaban J connectivity index is 3.30. The van der Waals surface area contributed by atoms with E-state index in [4.69, 9.17) is 18.0 Å². The zero-order chi connectivity index (χ0) is 7.28. The van der Waals surface area contributed by atoms with Crippen molar-refractivity contribution in [2.75, 3.05) is 5.75 Å². The highest BCUT2D eigenvalue weighted by Crippen LogP contribution is 2.09. The standard InChI is InChI=1S/C6H7ClOS/c1-3-5(2)9-4-6(7)8/h1,5H,4H2,2H3. The van der Waals surface area contributed by atoms with E-state index in [2.05, 4.69) is 5.92 Å². The Bertz CT molecular complexity index is 138. The Morgan fingerprint density at radius 2 is 2.56 bits per heavy atom. The third-order valence-electron chi connectivity index (χ3n) is 0.682. The van der Waals surface area contributed by atoms with Gasteiger partial charge in [-0.05, 0) is 18.5 Å². The Morgan fingerprint density at radius 3 is 2.89 bits per heavy atom. The van der Waals surface area contributed by atoms with Gasteiger partial charge in [0.2, 0.25) is 5.24 Å². The smallest absolute Gasteiger partial charge is 0.231 e. The van der Waals surface area contributed by atoms with Gasteiger partial charge in [0.05, 0.1) is 11.0 Å². The Labute approximate surface area is 64.2 Å². The van der Waals surface area contributed by atoms with Crippen molar-refractivity contribution in [3.8, 4) is 12.3 Å². The monoisotopic (exact) mass is 162 g/mol. The van der Waals surface area contributed by atoms with Gasteiger partial charge in [0, 0.05) is 0 Å². The number of hydrogen-bond donors (Lipinski definition) is 0. The normalized spacial score (nSPS) is 12.1. The lowest BCUT2D eigenvalue weighted by atomic mass is 10.5. The lowest BCUT2D eigenvalue weighted by Gasteiger charge is -1.97. The molecule has 1 nitrogen and oxygen atoms in total. The van der Waals surface area contributed by atoms with Crippen LogP contribution in [0.5, 0.6) is 0 Å². The molecule has 0 saturated heterocycles. The summed E-state index contributed by atoms with van der Waals surface area (Å²) in [6.45, 7) is 1.85. The van der Waals surface area contributed by atoms with Gasteiger partial charge >= 0.3 is 0 Å². The number of carbonyl (C=O) groups excluding carboxylic acids is 1. The van der Waals surface area contributed by atoms with Crippen LogP contribution in [0.4, 0.5) is 0 Å². The van der Waals surface area contributed by atoms with E-state index in [9.17, 15) is 4.79 Å². The quantitative estimate of drug-likeness (QED) is 0.462. The number of terminal acetylenes is 1. The van der Waals surface area contributed by atoms with E-state index in [-0.39, 0.29) is 10.5 Å². The predicted molar refractivity (Wildman–Crippen MR) is 41.6 cm³/mol. The first-order valence-electron chi connectivity index (χ1n) is 2.43. The summed E-state index contributed by atoms with van der Waals surface area (Å²) in [6.07, 6.45) is 5.03. The molecule has 0 saturated carbocycles. The molecular formula is C6H7ClOS. The summed E-state index contributed by atoms with van der Waals surface area (Å²) in [5, 5.41) is -0.269. The summed E-state index contributed by atoms with van der Waals surface area (Å²) in [5.41, 5.74) is 0. The molecule has 0 bridgehead atoms. The van der Waals surface area contributed by atoms with E-state index in [0.29, 0.717) is 5.75 Å². The Kier molecular flexibility index (Phi) is 4.65. The van der Waals surface area contributed by atoms with E-state index in [1.807, 2.05) is 6.92 Å². The molecule has 0 spiro atoms. The van der Waals surface area contributed by atoms with Crippen molar-refractivity contribution in [2.24, 2.45) is 0 Å². The minimum absolute atomic E-state index is 0.0766. The molecule has 0 radical (unpaired) electrons. The second-order valence-electron chi connectivity index (χ2n) is 1.48. The van der Waals surface area contributed by atoms with Gasteiger partial charge < -0.3 is 0 Å². The zero-order valence-electron chi connectivity index (χ0n) is 5.06. The van der Waals surface area contributed by atoms with Gasteiger partial charge in [0.1, 0.15) is 0 Å². The van der Waals surface area contributed by atoms with Crippen molar-refractivity contribution >= 4 is 28.6 Å². The summed E-state index contributed by atoms with van der Waals surface area (Å²) < 4.78 is 0. The van der Waals surface area contributed by atoms with Crippen LogP contribution in [0.25, 0.3) is 0 Å². The molecule has 0 aliphatic heterocycles. The van der Waals surface area contributed by atoms with E-state index < -0.39 is 0 Å². The molecule has 0 aliphatic rings. The van der Waals surface area contributed by atoms with Gasteiger partial charge in [-0.25, -0.2) is 0 Å². The lowest BCUT2D eigenvalue weighted by Crippen LogP contribution is -1.97. The van der Waals surface area contributed by atoms with Crippen LogP contribution in [0.3, 0.4) is 0 Å². The molecule has 0 aromatic rings. The van der Waals surface area contributed by atoms with Crippen LogP contribution in [0, 0.1) is 12.3 Å². The van der Waals surface area contributed by atoms with Crippen LogP contribution in [0.2, 0.25) is 0 Å². The van der Waals surface area contributed by atoms with Crippen LogP contribution in [-0.2, 0) is 4.79 Å². The Hall–Kier alpha value is -0.130. The van der Waals surface area contributed by atoms with E-state index >= 15 is 0 Å². The van der Waals surface area contributed by atoms with E-state index in [1.165, 1.54) is 11.8 Å². The van der Waals surface area contributed by atoms with Crippen LogP contribution in [0.15, 0.2) is 0 Å². The SMILES string of the molecule is C#CC(C)SCC(=O)Cl. The lowest BCUT2D eigenvalue weighted by molar-refractivity contribution is -0.109. The van der Waals surface area contributed by atoms with E-state index in [1.54, 1.807) is 0 Å². The molecule has 0 fully saturated rings. The molecule has 0 amide bonds. The third kappa shape index (κ3) is 5.75. The fourth-order valence-electron chi connectivity index (χ4n) is 0.239. The molecule has 3 heteroatoms. The average Bonchev–Trinajstić information content (AvgIpc) is 1.83. The van der Waals surface area contributed by atoms with Gasteiger partial charge in [-0.3, -0.25) is 4.79 Å². The van der Waals surface area contributed by atoms with Gasteiger partial charge in [-0.2, -0.15) is 0 Å². The topological polar surface area (TPSA) is 17.1 Å². The summed E-state index contributed by atoms with van der Waals surface area (Å²) in [6, 6.07) is 0. The maximum absolute atomic E-state index is 10.1. The minimum Gasteiger partial charge on any atom is -0.280 e. The largest absolute Gasteiger partial charge is 0.280 e. The van der Waals surface area contributed by atoms with Crippen molar-refractivity contribution in [3.63, 3.8) is 0 Å². The fraction of sp³-hybridized carbons (Fsp3) is 0.500. The van der Waals surface area contributed by atoms with Crippen molar-refractivity contribution in [2.45, 2.75) is 12.2 Å². The maximum Gasteiger partial charge on any atom is 0.231 e. The summed E-state index contributed by atoms with van der Waals surface area (Å²) in [5.74, 6) is 2.77. The van der Waals surface area contributed by atoms with Crippen LogP contribution < -0.4 is 0 Å². The second kappa shape index (κ2) is 4.72. The molecule has 9 heavy (non-hydrogen) atoms. The number of halogens is 1. The van der Waals surface area contributed by atoms with Crippen molar-refractivity contribution in [1.82, 2.24) is 0 Å². The van der Waals surface area contributed by atoms with Gasteiger partial charge in [0.25, 0.3) is 0 Å². The van der Waals surface area contributed by atoms with Gasteiger partial charge in [-0.15, -0.1) is 18.2 Å². The molecule has 0 rings (SSSR count). The molecule has 1 atom stereocenters. The van der Waals surface area contributed by atoms with Gasteiger partial charge in [0.15, 0.2) is 0 Å². The molecule has 0 aliphatic carbocycles. The zero-order valence-corrected chi connectivity index (χ0v) is 6.63. The second-order valence-corrected chi connectivity index (χ2v) is 3.23. The Morgan fingerprint density at radius 1 is 2.00 bits per heavy atom. The molecule has 0 aromatic carbocycles. The first kappa shape index (κ1) is 8.87.